The first-order chi connectivity index (χ1) is 9.90. The number of carbonyl (C=O) groups is 1. The smallest absolute Gasteiger partial charge is 0.278 e. The maximum absolute atomic E-state index is 12.1. The molecule has 1 amide bonds. The van der Waals surface area contributed by atoms with E-state index in [1.54, 1.807) is 14.2 Å². The topological polar surface area (TPSA) is 52.0 Å². The SMILES string of the molecule is COc1cccc(C[NH+](C)[C@@H](C)C(=O)NC(C)C)c1OC. The van der Waals surface area contributed by atoms with Gasteiger partial charge in [0.05, 0.1) is 26.8 Å². The second-order valence-electron chi connectivity index (χ2n) is 5.56. The summed E-state index contributed by atoms with van der Waals surface area (Å²) in [6, 6.07) is 5.82. The van der Waals surface area contributed by atoms with E-state index in [9.17, 15) is 4.79 Å². The predicted octanol–water partition coefficient (Wildman–Crippen LogP) is 0.632. The molecular weight excluding hydrogens is 268 g/mol. The Morgan fingerprint density at radius 2 is 1.90 bits per heavy atom. The van der Waals surface area contributed by atoms with E-state index in [1.807, 2.05) is 46.0 Å². The first-order valence-electron chi connectivity index (χ1n) is 7.23. The van der Waals surface area contributed by atoms with Crippen molar-refractivity contribution in [2.45, 2.75) is 39.4 Å². The molecule has 118 valence electrons. The average molecular weight is 295 g/mol. The third-order valence-electron chi connectivity index (χ3n) is 3.52. The number of carbonyl (C=O) groups excluding carboxylic acids is 1. The molecule has 0 saturated heterocycles. The van der Waals surface area contributed by atoms with E-state index in [1.165, 1.54) is 0 Å². The lowest BCUT2D eigenvalue weighted by Gasteiger charge is -2.23. The summed E-state index contributed by atoms with van der Waals surface area (Å²) in [5, 5.41) is 2.94. The van der Waals surface area contributed by atoms with Crippen molar-refractivity contribution in [2.24, 2.45) is 0 Å². The molecule has 0 bridgehead atoms. The standard InChI is InChI=1S/C16H26N2O3/c1-11(2)17-16(19)12(3)18(4)10-13-8-7-9-14(20-5)15(13)21-6/h7-9,11-12H,10H2,1-6H3,(H,17,19)/p+1/t12-/m0/s1. The molecular formula is C16H27N2O3+. The molecule has 0 saturated carbocycles. The van der Waals surface area contributed by atoms with Gasteiger partial charge in [0.15, 0.2) is 17.5 Å². The molecule has 1 rings (SSSR count). The third-order valence-corrected chi connectivity index (χ3v) is 3.52. The normalized spacial score (nSPS) is 13.7. The van der Waals surface area contributed by atoms with Gasteiger partial charge in [-0.1, -0.05) is 6.07 Å². The van der Waals surface area contributed by atoms with Crippen molar-refractivity contribution < 1.29 is 19.2 Å². The summed E-state index contributed by atoms with van der Waals surface area (Å²) in [5.41, 5.74) is 1.03. The summed E-state index contributed by atoms with van der Waals surface area (Å²) in [6.45, 7) is 6.54. The molecule has 0 radical (unpaired) electrons. The number of hydrogen-bond donors (Lipinski definition) is 2. The molecule has 0 heterocycles. The highest BCUT2D eigenvalue weighted by atomic mass is 16.5. The van der Waals surface area contributed by atoms with Gasteiger partial charge >= 0.3 is 0 Å². The second kappa shape index (κ2) is 7.88. The van der Waals surface area contributed by atoms with Gasteiger partial charge in [0.2, 0.25) is 0 Å². The highest BCUT2D eigenvalue weighted by Gasteiger charge is 2.24. The van der Waals surface area contributed by atoms with Crippen molar-refractivity contribution in [3.05, 3.63) is 23.8 Å². The fraction of sp³-hybridized carbons (Fsp3) is 0.562. The van der Waals surface area contributed by atoms with Gasteiger partial charge in [0.1, 0.15) is 6.54 Å². The zero-order valence-corrected chi connectivity index (χ0v) is 13.8. The molecule has 5 nitrogen and oxygen atoms in total. The molecule has 0 spiro atoms. The van der Waals surface area contributed by atoms with Gasteiger partial charge < -0.3 is 19.7 Å². The van der Waals surface area contributed by atoms with Crippen LogP contribution in [0.2, 0.25) is 0 Å². The molecule has 5 heteroatoms. The Hall–Kier alpha value is -1.75. The quantitative estimate of drug-likeness (QED) is 0.776. The van der Waals surface area contributed by atoms with Crippen molar-refractivity contribution in [2.75, 3.05) is 21.3 Å². The Bertz CT molecular complexity index is 475. The molecule has 21 heavy (non-hydrogen) atoms. The van der Waals surface area contributed by atoms with Crippen LogP contribution in [0.25, 0.3) is 0 Å². The Balaban J connectivity index is 2.83. The fourth-order valence-electron chi connectivity index (χ4n) is 2.18. The van der Waals surface area contributed by atoms with E-state index in [4.69, 9.17) is 9.47 Å². The minimum Gasteiger partial charge on any atom is -0.493 e. The maximum atomic E-state index is 12.1. The average Bonchev–Trinajstić information content (AvgIpc) is 2.45. The van der Waals surface area contributed by atoms with Crippen molar-refractivity contribution in [3.8, 4) is 11.5 Å². The van der Waals surface area contributed by atoms with E-state index >= 15 is 0 Å². The van der Waals surface area contributed by atoms with E-state index in [2.05, 4.69) is 5.32 Å². The number of quaternary nitrogens is 1. The van der Waals surface area contributed by atoms with Crippen molar-refractivity contribution in [1.82, 2.24) is 5.32 Å². The van der Waals surface area contributed by atoms with Gasteiger partial charge in [-0.2, -0.15) is 0 Å². The lowest BCUT2D eigenvalue weighted by Crippen LogP contribution is -3.12. The summed E-state index contributed by atoms with van der Waals surface area (Å²) < 4.78 is 10.7. The number of ether oxygens (including phenoxy) is 2. The lowest BCUT2D eigenvalue weighted by atomic mass is 10.1. The molecule has 0 aliphatic heterocycles. The van der Waals surface area contributed by atoms with Gasteiger partial charge in [-0.05, 0) is 32.9 Å². The number of hydrogen-bond acceptors (Lipinski definition) is 3. The molecule has 0 aromatic heterocycles. The predicted molar refractivity (Wildman–Crippen MR) is 82.9 cm³/mol. The van der Waals surface area contributed by atoms with Gasteiger partial charge in [0.25, 0.3) is 5.91 Å². The molecule has 1 aromatic rings. The van der Waals surface area contributed by atoms with Crippen LogP contribution in [0.5, 0.6) is 11.5 Å². The van der Waals surface area contributed by atoms with Crippen LogP contribution in [0.3, 0.4) is 0 Å². The molecule has 0 aliphatic carbocycles. The molecule has 1 aromatic carbocycles. The summed E-state index contributed by atoms with van der Waals surface area (Å²) in [5.74, 6) is 1.50. The lowest BCUT2D eigenvalue weighted by molar-refractivity contribution is -0.908. The Morgan fingerprint density at radius 3 is 2.43 bits per heavy atom. The number of nitrogens with one attached hydrogen (secondary N) is 2. The molecule has 0 aliphatic rings. The van der Waals surface area contributed by atoms with E-state index < -0.39 is 0 Å². The molecule has 2 atom stereocenters. The zero-order valence-electron chi connectivity index (χ0n) is 13.8. The van der Waals surface area contributed by atoms with E-state index in [0.29, 0.717) is 12.3 Å². The summed E-state index contributed by atoms with van der Waals surface area (Å²) in [7, 11) is 5.26. The van der Waals surface area contributed by atoms with Crippen LogP contribution in [0.1, 0.15) is 26.3 Å². The number of rotatable bonds is 7. The minimum atomic E-state index is -0.136. The number of likely N-dealkylation sites (N-methyl/N-ethyl adjacent to an activating group) is 1. The molecule has 2 N–H and O–H groups in total. The van der Waals surface area contributed by atoms with Gasteiger partial charge in [-0.15, -0.1) is 0 Å². The summed E-state index contributed by atoms with van der Waals surface area (Å²) >= 11 is 0. The highest BCUT2D eigenvalue weighted by Crippen LogP contribution is 2.30. The van der Waals surface area contributed by atoms with Crippen LogP contribution in [0.15, 0.2) is 18.2 Å². The monoisotopic (exact) mass is 295 g/mol. The van der Waals surface area contributed by atoms with Crippen LogP contribution in [0.4, 0.5) is 0 Å². The van der Waals surface area contributed by atoms with Crippen LogP contribution in [0, 0.1) is 0 Å². The van der Waals surface area contributed by atoms with Crippen molar-refractivity contribution >= 4 is 5.91 Å². The first kappa shape index (κ1) is 17.3. The van der Waals surface area contributed by atoms with Crippen LogP contribution < -0.4 is 19.7 Å². The number of para-hydroxylation sites is 1. The van der Waals surface area contributed by atoms with E-state index in [-0.39, 0.29) is 18.0 Å². The second-order valence-corrected chi connectivity index (χ2v) is 5.56. The number of benzene rings is 1. The van der Waals surface area contributed by atoms with Crippen LogP contribution >= 0.6 is 0 Å². The van der Waals surface area contributed by atoms with Gasteiger partial charge in [-0.25, -0.2) is 0 Å². The number of amides is 1. The minimum absolute atomic E-state index is 0.0596. The summed E-state index contributed by atoms with van der Waals surface area (Å²) in [4.78, 5) is 13.2. The third kappa shape index (κ3) is 4.63. The first-order valence-corrected chi connectivity index (χ1v) is 7.23. The Kier molecular flexibility index (Phi) is 6.49. The van der Waals surface area contributed by atoms with Crippen molar-refractivity contribution in [1.29, 1.82) is 0 Å². The summed E-state index contributed by atoms with van der Waals surface area (Å²) in [6.07, 6.45) is 0. The van der Waals surface area contributed by atoms with Crippen LogP contribution in [-0.4, -0.2) is 39.3 Å². The van der Waals surface area contributed by atoms with E-state index in [0.717, 1.165) is 16.2 Å². The molecule has 1 unspecified atom stereocenters. The molecule has 0 fully saturated rings. The maximum Gasteiger partial charge on any atom is 0.278 e. The Labute approximate surface area is 127 Å². The highest BCUT2D eigenvalue weighted by molar-refractivity contribution is 5.80. The Morgan fingerprint density at radius 1 is 1.24 bits per heavy atom. The fourth-order valence-corrected chi connectivity index (χ4v) is 2.18. The zero-order chi connectivity index (χ0) is 16.0. The largest absolute Gasteiger partial charge is 0.493 e. The van der Waals surface area contributed by atoms with Crippen LogP contribution in [-0.2, 0) is 11.3 Å². The number of methoxy groups -OCH3 is 2. The van der Waals surface area contributed by atoms with Gasteiger partial charge in [0, 0.05) is 6.04 Å². The van der Waals surface area contributed by atoms with Gasteiger partial charge in [-0.3, -0.25) is 4.79 Å². The van der Waals surface area contributed by atoms with Crippen molar-refractivity contribution in [3.63, 3.8) is 0 Å².